The second kappa shape index (κ2) is 4.20. The molecule has 0 heterocycles. The zero-order valence-electron chi connectivity index (χ0n) is 11.1. The van der Waals surface area contributed by atoms with E-state index in [4.69, 9.17) is 4.74 Å². The predicted octanol–water partition coefficient (Wildman–Crippen LogP) is 2.48. The van der Waals surface area contributed by atoms with Gasteiger partial charge >= 0.3 is 0 Å². The minimum absolute atomic E-state index is 0.0348. The molecular weight excluding hydrogens is 256 g/mol. The Hall–Kier alpha value is -2.62. The fourth-order valence-electron chi connectivity index (χ4n) is 2.56. The van der Waals surface area contributed by atoms with Crippen LogP contribution >= 0.6 is 0 Å². The van der Waals surface area contributed by atoms with Crippen LogP contribution in [0.3, 0.4) is 0 Å². The molecule has 0 bridgehead atoms. The summed E-state index contributed by atoms with van der Waals surface area (Å²) in [5.41, 5.74) is 1.94. The van der Waals surface area contributed by atoms with Crippen molar-refractivity contribution in [1.82, 2.24) is 0 Å². The maximum atomic E-state index is 12.6. The first-order valence-electron chi connectivity index (χ1n) is 6.14. The molecule has 4 heteroatoms. The number of carbonyl (C=O) groups excluding carboxylic acids is 2. The number of ether oxygens (including phenoxy) is 1. The molecule has 0 radical (unpaired) electrons. The number of rotatable bonds is 1. The van der Waals surface area contributed by atoms with Gasteiger partial charge in [0, 0.05) is 16.7 Å². The highest BCUT2D eigenvalue weighted by atomic mass is 16.5. The molecule has 20 heavy (non-hydrogen) atoms. The lowest BCUT2D eigenvalue weighted by Gasteiger charge is -2.20. The van der Waals surface area contributed by atoms with E-state index in [2.05, 4.69) is 0 Å². The third kappa shape index (κ3) is 1.54. The summed E-state index contributed by atoms with van der Waals surface area (Å²) >= 11 is 0. The second-order valence-corrected chi connectivity index (χ2v) is 4.73. The Balaban J connectivity index is 2.35. The molecule has 1 aliphatic carbocycles. The van der Waals surface area contributed by atoms with Gasteiger partial charge in [-0.3, -0.25) is 9.59 Å². The first kappa shape index (κ1) is 12.4. The normalized spacial score (nSPS) is 12.9. The third-order valence-corrected chi connectivity index (χ3v) is 3.52. The van der Waals surface area contributed by atoms with E-state index in [1.54, 1.807) is 12.1 Å². The topological polar surface area (TPSA) is 63.6 Å². The molecule has 0 fully saturated rings. The van der Waals surface area contributed by atoms with E-state index in [-0.39, 0.29) is 22.9 Å². The maximum Gasteiger partial charge on any atom is 0.198 e. The summed E-state index contributed by atoms with van der Waals surface area (Å²) in [5, 5.41) is 9.50. The monoisotopic (exact) mass is 268 g/mol. The Kier molecular flexibility index (Phi) is 2.61. The molecular formula is C16H12O4. The van der Waals surface area contributed by atoms with Crippen LogP contribution in [0.1, 0.15) is 37.4 Å². The summed E-state index contributed by atoms with van der Waals surface area (Å²) in [5.74, 6) is -0.133. The Morgan fingerprint density at radius 3 is 2.35 bits per heavy atom. The van der Waals surface area contributed by atoms with Crippen LogP contribution in [0, 0.1) is 6.92 Å². The van der Waals surface area contributed by atoms with Crippen LogP contribution < -0.4 is 4.74 Å². The molecule has 0 saturated carbocycles. The van der Waals surface area contributed by atoms with Crippen LogP contribution in [0.5, 0.6) is 11.5 Å². The average molecular weight is 268 g/mol. The molecule has 0 spiro atoms. The van der Waals surface area contributed by atoms with Gasteiger partial charge in [0.25, 0.3) is 0 Å². The fraction of sp³-hybridized carbons (Fsp3) is 0.125. The summed E-state index contributed by atoms with van der Waals surface area (Å²) in [4.78, 5) is 25.0. The number of hydrogen-bond acceptors (Lipinski definition) is 4. The average Bonchev–Trinajstić information content (AvgIpc) is 2.44. The van der Waals surface area contributed by atoms with Crippen molar-refractivity contribution in [2.75, 3.05) is 7.11 Å². The molecule has 1 aliphatic rings. The summed E-state index contributed by atoms with van der Waals surface area (Å²) in [6.07, 6.45) is 0. The Morgan fingerprint density at radius 2 is 1.65 bits per heavy atom. The van der Waals surface area contributed by atoms with Crippen LogP contribution in [-0.2, 0) is 0 Å². The molecule has 0 saturated heterocycles. The quantitative estimate of drug-likeness (QED) is 0.736. The number of carbonyl (C=O) groups is 2. The molecule has 0 amide bonds. The summed E-state index contributed by atoms with van der Waals surface area (Å²) in [6, 6.07) is 7.56. The van der Waals surface area contributed by atoms with Crippen LogP contribution in [0.2, 0.25) is 0 Å². The number of phenols is 1. The third-order valence-electron chi connectivity index (χ3n) is 3.52. The van der Waals surface area contributed by atoms with Crippen molar-refractivity contribution in [2.24, 2.45) is 0 Å². The Labute approximate surface area is 115 Å². The van der Waals surface area contributed by atoms with E-state index in [1.165, 1.54) is 25.3 Å². The van der Waals surface area contributed by atoms with Gasteiger partial charge in [0.05, 0.1) is 12.7 Å². The second-order valence-electron chi connectivity index (χ2n) is 4.73. The minimum atomic E-state index is -0.274. The van der Waals surface area contributed by atoms with Crippen molar-refractivity contribution in [3.05, 3.63) is 58.1 Å². The lowest BCUT2D eigenvalue weighted by molar-refractivity contribution is 0.0976. The lowest BCUT2D eigenvalue weighted by atomic mass is 9.82. The molecule has 2 aromatic rings. The van der Waals surface area contributed by atoms with Gasteiger partial charge in [-0.05, 0) is 36.8 Å². The van der Waals surface area contributed by atoms with E-state index in [0.717, 1.165) is 5.56 Å². The number of phenolic OH excluding ortho intramolecular Hbond substituents is 1. The molecule has 0 aliphatic heterocycles. The van der Waals surface area contributed by atoms with Crippen molar-refractivity contribution in [2.45, 2.75) is 6.92 Å². The molecule has 2 aromatic carbocycles. The standard InChI is InChI=1S/C16H12O4/c1-8-3-5-11-13(16(8)20-2)15(19)10-6-4-9(17)7-12(10)14(11)18/h3-7,17H,1-2H3. The van der Waals surface area contributed by atoms with Gasteiger partial charge in [0.1, 0.15) is 11.5 Å². The summed E-state index contributed by atoms with van der Waals surface area (Å²) in [6.45, 7) is 1.82. The van der Waals surface area contributed by atoms with Crippen LogP contribution in [0.4, 0.5) is 0 Å². The SMILES string of the molecule is COc1c(C)ccc2c1C(=O)c1ccc(O)cc1C2=O. The van der Waals surface area contributed by atoms with Crippen molar-refractivity contribution < 1.29 is 19.4 Å². The van der Waals surface area contributed by atoms with Gasteiger partial charge < -0.3 is 9.84 Å². The largest absolute Gasteiger partial charge is 0.508 e. The highest BCUT2D eigenvalue weighted by Gasteiger charge is 2.33. The molecule has 4 nitrogen and oxygen atoms in total. The molecule has 0 unspecified atom stereocenters. The van der Waals surface area contributed by atoms with Crippen molar-refractivity contribution in [3.63, 3.8) is 0 Å². The van der Waals surface area contributed by atoms with Crippen LogP contribution in [0.15, 0.2) is 30.3 Å². The fourth-order valence-corrected chi connectivity index (χ4v) is 2.56. The Morgan fingerprint density at radius 1 is 0.950 bits per heavy atom. The van der Waals surface area contributed by atoms with Crippen molar-refractivity contribution >= 4 is 11.6 Å². The molecule has 0 atom stereocenters. The van der Waals surface area contributed by atoms with Gasteiger partial charge in [0.2, 0.25) is 0 Å². The highest BCUT2D eigenvalue weighted by Crippen LogP contribution is 2.36. The minimum Gasteiger partial charge on any atom is -0.508 e. The van der Waals surface area contributed by atoms with Gasteiger partial charge in [-0.2, -0.15) is 0 Å². The van der Waals surface area contributed by atoms with Gasteiger partial charge in [-0.1, -0.05) is 6.07 Å². The number of aryl methyl sites for hydroxylation is 1. The zero-order chi connectivity index (χ0) is 14.4. The van der Waals surface area contributed by atoms with Crippen molar-refractivity contribution in [1.29, 1.82) is 0 Å². The first-order valence-corrected chi connectivity index (χ1v) is 6.14. The Bertz CT molecular complexity index is 759. The number of fused-ring (bicyclic) bond motifs is 2. The van der Waals surface area contributed by atoms with E-state index in [1.807, 2.05) is 6.92 Å². The van der Waals surface area contributed by atoms with Gasteiger partial charge in [-0.25, -0.2) is 0 Å². The summed E-state index contributed by atoms with van der Waals surface area (Å²) in [7, 11) is 1.48. The molecule has 100 valence electrons. The molecule has 0 aromatic heterocycles. The van der Waals surface area contributed by atoms with Crippen LogP contribution in [0.25, 0.3) is 0 Å². The number of methoxy groups -OCH3 is 1. The number of ketones is 2. The van der Waals surface area contributed by atoms with E-state index in [0.29, 0.717) is 22.4 Å². The van der Waals surface area contributed by atoms with Crippen molar-refractivity contribution in [3.8, 4) is 11.5 Å². The maximum absolute atomic E-state index is 12.6. The van der Waals surface area contributed by atoms with E-state index >= 15 is 0 Å². The number of hydrogen-bond donors (Lipinski definition) is 1. The molecule has 1 N–H and O–H groups in total. The predicted molar refractivity (Wildman–Crippen MR) is 72.7 cm³/mol. The summed E-state index contributed by atoms with van der Waals surface area (Å²) < 4.78 is 5.28. The molecule has 3 rings (SSSR count). The van der Waals surface area contributed by atoms with Gasteiger partial charge in [-0.15, -0.1) is 0 Å². The highest BCUT2D eigenvalue weighted by molar-refractivity contribution is 6.29. The number of aromatic hydroxyl groups is 1. The smallest absolute Gasteiger partial charge is 0.198 e. The first-order chi connectivity index (χ1) is 9.54. The van der Waals surface area contributed by atoms with Gasteiger partial charge in [0.15, 0.2) is 11.6 Å². The number of benzene rings is 2. The van der Waals surface area contributed by atoms with Crippen LogP contribution in [-0.4, -0.2) is 23.8 Å². The van der Waals surface area contributed by atoms with E-state index in [9.17, 15) is 14.7 Å². The lowest BCUT2D eigenvalue weighted by Crippen LogP contribution is -2.22. The zero-order valence-corrected chi connectivity index (χ0v) is 11.1. The van der Waals surface area contributed by atoms with E-state index < -0.39 is 0 Å².